The predicted molar refractivity (Wildman–Crippen MR) is 55.9 cm³/mol. The normalized spacial score (nSPS) is 28.1. The molecule has 1 fully saturated rings. The molecule has 1 aromatic heterocycles. The molecular formula is C10H15N3O3. The Hall–Kier alpha value is -1.40. The highest BCUT2D eigenvalue weighted by Gasteiger charge is 2.37. The summed E-state index contributed by atoms with van der Waals surface area (Å²) in [6.07, 6.45) is 2.86. The third-order valence-corrected chi connectivity index (χ3v) is 3.06. The Morgan fingerprint density at radius 3 is 2.88 bits per heavy atom. The van der Waals surface area contributed by atoms with Crippen LogP contribution in [-0.4, -0.2) is 56.1 Å². The van der Waals surface area contributed by atoms with E-state index in [4.69, 9.17) is 5.11 Å². The van der Waals surface area contributed by atoms with Crippen LogP contribution in [0.5, 0.6) is 0 Å². The number of aliphatic hydroxyl groups excluding tert-OH is 1. The first-order valence-electron chi connectivity index (χ1n) is 5.23. The number of aromatic nitrogens is 2. The van der Waals surface area contributed by atoms with E-state index < -0.39 is 18.1 Å². The van der Waals surface area contributed by atoms with E-state index in [-0.39, 0.29) is 6.04 Å². The second-order valence-electron chi connectivity index (χ2n) is 4.09. The number of aliphatic carboxylic acids is 1. The largest absolute Gasteiger partial charge is 0.480 e. The van der Waals surface area contributed by atoms with Crippen LogP contribution < -0.4 is 0 Å². The zero-order valence-corrected chi connectivity index (χ0v) is 9.02. The molecule has 0 spiro atoms. The van der Waals surface area contributed by atoms with Gasteiger partial charge in [0, 0.05) is 25.5 Å². The summed E-state index contributed by atoms with van der Waals surface area (Å²) in [6.45, 7) is 2.51. The fourth-order valence-corrected chi connectivity index (χ4v) is 2.01. The molecule has 0 radical (unpaired) electrons. The van der Waals surface area contributed by atoms with Gasteiger partial charge in [-0.3, -0.25) is 14.4 Å². The summed E-state index contributed by atoms with van der Waals surface area (Å²) in [5, 5.41) is 22.8. The van der Waals surface area contributed by atoms with Crippen molar-refractivity contribution in [3.8, 4) is 0 Å². The molecule has 6 heteroatoms. The molecule has 0 aromatic carbocycles. The first-order chi connectivity index (χ1) is 7.59. The molecule has 0 amide bonds. The van der Waals surface area contributed by atoms with Gasteiger partial charge in [-0.25, -0.2) is 0 Å². The molecule has 2 heterocycles. The number of hydrogen-bond donors (Lipinski definition) is 2. The lowest BCUT2D eigenvalue weighted by molar-refractivity contribution is -0.142. The second kappa shape index (κ2) is 4.23. The van der Waals surface area contributed by atoms with Crippen molar-refractivity contribution in [1.29, 1.82) is 0 Å². The molecule has 6 nitrogen and oxygen atoms in total. The molecule has 1 aliphatic heterocycles. The van der Waals surface area contributed by atoms with E-state index in [1.807, 2.05) is 0 Å². The Labute approximate surface area is 93.1 Å². The zero-order chi connectivity index (χ0) is 11.7. The van der Waals surface area contributed by atoms with Crippen LogP contribution in [0.25, 0.3) is 0 Å². The summed E-state index contributed by atoms with van der Waals surface area (Å²) in [7, 11) is 0. The fourth-order valence-electron chi connectivity index (χ4n) is 2.01. The van der Waals surface area contributed by atoms with Crippen LogP contribution in [0, 0.1) is 0 Å². The summed E-state index contributed by atoms with van der Waals surface area (Å²) in [5.41, 5.74) is 0. The molecule has 3 atom stereocenters. The van der Waals surface area contributed by atoms with Crippen LogP contribution in [0.3, 0.4) is 0 Å². The number of carboxylic acid groups (broad SMARTS) is 1. The molecule has 0 unspecified atom stereocenters. The topological polar surface area (TPSA) is 78.6 Å². The van der Waals surface area contributed by atoms with E-state index >= 15 is 0 Å². The lowest BCUT2D eigenvalue weighted by Crippen LogP contribution is -2.37. The van der Waals surface area contributed by atoms with Gasteiger partial charge >= 0.3 is 5.97 Å². The van der Waals surface area contributed by atoms with Crippen molar-refractivity contribution in [2.45, 2.75) is 25.1 Å². The number of nitrogens with zero attached hydrogens (tertiary/aromatic N) is 3. The third kappa shape index (κ3) is 1.94. The summed E-state index contributed by atoms with van der Waals surface area (Å²) in [5.74, 6) is -0.867. The number of likely N-dealkylation sites (tertiary alicyclic amines) is 1. The Balaban J connectivity index is 2.07. The van der Waals surface area contributed by atoms with E-state index in [1.54, 1.807) is 35.0 Å². The number of hydrogen-bond acceptors (Lipinski definition) is 4. The summed E-state index contributed by atoms with van der Waals surface area (Å²) in [6, 6.07) is 1.06. The van der Waals surface area contributed by atoms with E-state index in [0.717, 1.165) is 0 Å². The predicted octanol–water partition coefficient (Wildman–Crippen LogP) is -0.426. The van der Waals surface area contributed by atoms with Crippen molar-refractivity contribution in [3.63, 3.8) is 0 Å². The first-order valence-corrected chi connectivity index (χ1v) is 5.23. The number of carboxylic acids is 1. The maximum Gasteiger partial charge on any atom is 0.320 e. The van der Waals surface area contributed by atoms with Crippen molar-refractivity contribution in [2.24, 2.45) is 0 Å². The number of rotatable bonds is 3. The van der Waals surface area contributed by atoms with Gasteiger partial charge in [-0.15, -0.1) is 0 Å². The molecule has 0 aliphatic carbocycles. The Morgan fingerprint density at radius 2 is 2.31 bits per heavy atom. The van der Waals surface area contributed by atoms with E-state index in [0.29, 0.717) is 13.1 Å². The van der Waals surface area contributed by atoms with Gasteiger partial charge in [0.25, 0.3) is 0 Å². The van der Waals surface area contributed by atoms with Gasteiger partial charge < -0.3 is 10.2 Å². The average molecular weight is 225 g/mol. The minimum Gasteiger partial charge on any atom is -0.480 e. The Kier molecular flexibility index (Phi) is 2.93. The molecule has 1 aliphatic rings. The summed E-state index contributed by atoms with van der Waals surface area (Å²) < 4.78 is 1.68. The van der Waals surface area contributed by atoms with Crippen LogP contribution in [-0.2, 0) is 4.79 Å². The molecule has 0 saturated carbocycles. The van der Waals surface area contributed by atoms with Crippen LogP contribution in [0.4, 0.5) is 0 Å². The fraction of sp³-hybridized carbons (Fsp3) is 0.600. The van der Waals surface area contributed by atoms with Crippen LogP contribution in [0.1, 0.15) is 13.0 Å². The SMILES string of the molecule is C[C@H](C(=O)O)N1C[C@H](O)[C@@H](n2cccn2)C1. The number of carbonyl (C=O) groups is 1. The molecule has 1 saturated heterocycles. The summed E-state index contributed by atoms with van der Waals surface area (Å²) >= 11 is 0. The highest BCUT2D eigenvalue weighted by atomic mass is 16.4. The van der Waals surface area contributed by atoms with Gasteiger partial charge in [-0.2, -0.15) is 5.10 Å². The smallest absolute Gasteiger partial charge is 0.320 e. The minimum atomic E-state index is -0.867. The van der Waals surface area contributed by atoms with E-state index in [9.17, 15) is 9.90 Å². The van der Waals surface area contributed by atoms with Crippen molar-refractivity contribution in [1.82, 2.24) is 14.7 Å². The zero-order valence-electron chi connectivity index (χ0n) is 9.02. The number of β-amino-alcohol motifs (C(OH)–C–C–N with tert-alkyl or cyclic N) is 1. The van der Waals surface area contributed by atoms with Crippen molar-refractivity contribution >= 4 is 5.97 Å². The molecular weight excluding hydrogens is 210 g/mol. The molecule has 16 heavy (non-hydrogen) atoms. The lowest BCUT2D eigenvalue weighted by atomic mass is 10.2. The van der Waals surface area contributed by atoms with E-state index in [2.05, 4.69) is 5.10 Å². The van der Waals surface area contributed by atoms with E-state index in [1.165, 1.54) is 0 Å². The lowest BCUT2D eigenvalue weighted by Gasteiger charge is -2.19. The number of aliphatic hydroxyl groups is 1. The molecule has 2 rings (SSSR count). The van der Waals surface area contributed by atoms with Crippen molar-refractivity contribution < 1.29 is 15.0 Å². The summed E-state index contributed by atoms with van der Waals surface area (Å²) in [4.78, 5) is 12.6. The second-order valence-corrected chi connectivity index (χ2v) is 4.09. The van der Waals surface area contributed by atoms with Crippen LogP contribution >= 0.6 is 0 Å². The highest BCUT2D eigenvalue weighted by Crippen LogP contribution is 2.23. The standard InChI is InChI=1S/C10H15N3O3/c1-7(10(15)16)12-5-8(9(14)6-12)13-4-2-3-11-13/h2-4,7-9,14H,5-6H2,1H3,(H,15,16)/t7-,8+,9+/m1/s1. The maximum atomic E-state index is 10.8. The van der Waals surface area contributed by atoms with Crippen LogP contribution in [0.2, 0.25) is 0 Å². The molecule has 1 aromatic rings. The Morgan fingerprint density at radius 1 is 1.56 bits per heavy atom. The van der Waals surface area contributed by atoms with Gasteiger partial charge in [0.05, 0.1) is 12.1 Å². The van der Waals surface area contributed by atoms with Gasteiger partial charge in [0.1, 0.15) is 6.04 Å². The maximum absolute atomic E-state index is 10.8. The first kappa shape index (κ1) is 11.1. The Bertz CT molecular complexity index is 365. The van der Waals surface area contributed by atoms with Gasteiger partial charge in [0.15, 0.2) is 0 Å². The van der Waals surface area contributed by atoms with Crippen molar-refractivity contribution in [2.75, 3.05) is 13.1 Å². The van der Waals surface area contributed by atoms with Gasteiger partial charge in [-0.05, 0) is 13.0 Å². The average Bonchev–Trinajstić information content (AvgIpc) is 2.84. The molecule has 88 valence electrons. The van der Waals surface area contributed by atoms with Crippen molar-refractivity contribution in [3.05, 3.63) is 18.5 Å². The van der Waals surface area contributed by atoms with Gasteiger partial charge in [-0.1, -0.05) is 0 Å². The quantitative estimate of drug-likeness (QED) is 0.730. The monoisotopic (exact) mass is 225 g/mol. The highest BCUT2D eigenvalue weighted by molar-refractivity contribution is 5.72. The molecule has 2 N–H and O–H groups in total. The van der Waals surface area contributed by atoms with Crippen LogP contribution in [0.15, 0.2) is 18.5 Å². The molecule has 0 bridgehead atoms. The third-order valence-electron chi connectivity index (χ3n) is 3.06. The van der Waals surface area contributed by atoms with Gasteiger partial charge in [0.2, 0.25) is 0 Å². The minimum absolute atomic E-state index is 0.156.